The summed E-state index contributed by atoms with van der Waals surface area (Å²) in [4.78, 5) is 1.54. The Morgan fingerprint density at radius 1 is 1.80 bits per heavy atom. The van der Waals surface area contributed by atoms with Gasteiger partial charge in [-0.2, -0.15) is 0 Å². The molecule has 29 valence electrons. The Hall–Kier alpha value is 0.548. The predicted octanol–water partition coefficient (Wildman–Crippen LogP) is 0.308. The first kappa shape index (κ1) is 5.55. The zero-order valence-corrected chi connectivity index (χ0v) is 5.06. The third kappa shape index (κ3) is 4.55. The van der Waals surface area contributed by atoms with Crippen LogP contribution in [0.25, 0.3) is 0 Å². The Labute approximate surface area is 42.7 Å². The fourth-order valence-electron chi connectivity index (χ4n) is 0.0252. The van der Waals surface area contributed by atoms with Gasteiger partial charge in [0.25, 0.3) is 0 Å². The van der Waals surface area contributed by atoms with Gasteiger partial charge in [-0.05, 0) is 0 Å². The van der Waals surface area contributed by atoms with Gasteiger partial charge < -0.3 is 0 Å². The summed E-state index contributed by atoms with van der Waals surface area (Å²) >= 11 is 4.39. The van der Waals surface area contributed by atoms with Crippen LogP contribution in [-0.4, -0.2) is 20.2 Å². The van der Waals surface area contributed by atoms with Crippen LogP contribution < -0.4 is 0 Å². The summed E-state index contributed by atoms with van der Waals surface area (Å²) in [6.07, 6.45) is 0. The van der Waals surface area contributed by atoms with Crippen molar-refractivity contribution in [2.24, 2.45) is 0 Å². The molecule has 0 aromatic heterocycles. The molecule has 1 radical (unpaired) electrons. The van der Waals surface area contributed by atoms with Crippen LogP contribution in [0.1, 0.15) is 0 Å². The summed E-state index contributed by atoms with van der Waals surface area (Å²) in [5.74, 6) is 0. The van der Waals surface area contributed by atoms with Crippen LogP contribution in [0.4, 0.5) is 0 Å². The molecule has 1 nitrogen and oxygen atoms in total. The number of hydrogen-bond donors (Lipinski definition) is 1. The summed E-state index contributed by atoms with van der Waals surface area (Å²) in [6.45, 7) is 0. The van der Waals surface area contributed by atoms with Crippen molar-refractivity contribution in [1.29, 1.82) is 0 Å². The second kappa shape index (κ2) is 4.55. The SMILES string of the molecule is O[As]/C=C/Cl. The Balaban J connectivity index is 2.62. The molecule has 0 amide bonds. The van der Waals surface area contributed by atoms with Crippen molar-refractivity contribution in [2.75, 3.05) is 0 Å². The third-order valence-corrected chi connectivity index (χ3v) is 1.22. The quantitative estimate of drug-likeness (QED) is 0.538. The van der Waals surface area contributed by atoms with E-state index < -0.39 is 16.1 Å². The van der Waals surface area contributed by atoms with Gasteiger partial charge >= 0.3 is 42.2 Å². The monoisotopic (exact) mass is 153 g/mol. The van der Waals surface area contributed by atoms with Crippen LogP contribution in [0.3, 0.4) is 0 Å². The Morgan fingerprint density at radius 2 is 2.40 bits per heavy atom. The molecule has 0 rings (SSSR count). The van der Waals surface area contributed by atoms with Crippen molar-refractivity contribution in [3.8, 4) is 0 Å². The summed E-state index contributed by atoms with van der Waals surface area (Å²) in [6, 6.07) is 0. The molecular weight excluding hydrogens is 150 g/mol. The van der Waals surface area contributed by atoms with E-state index in [0.717, 1.165) is 0 Å². The molecule has 0 unspecified atom stereocenters. The fourth-order valence-corrected chi connectivity index (χ4v) is 0.393. The molecule has 3 heteroatoms. The van der Waals surface area contributed by atoms with E-state index in [-0.39, 0.29) is 0 Å². The van der Waals surface area contributed by atoms with E-state index in [2.05, 4.69) is 0 Å². The maximum absolute atomic E-state index is 7.99. The van der Waals surface area contributed by atoms with Crippen molar-refractivity contribution in [1.82, 2.24) is 0 Å². The molecule has 0 fully saturated rings. The molecule has 5 heavy (non-hydrogen) atoms. The Bertz CT molecular complexity index is 36.6. The standard InChI is InChI=1S/C2H3AsClO/c4-2-1-3-5/h1-2,5H/b2-1+. The molecular formula is C2H3AsClO. The molecule has 0 aliphatic rings. The van der Waals surface area contributed by atoms with Gasteiger partial charge in [0.15, 0.2) is 0 Å². The number of hydrogen-bond acceptors (Lipinski definition) is 1. The van der Waals surface area contributed by atoms with E-state index >= 15 is 0 Å². The minimum atomic E-state index is -0.596. The Kier molecular flexibility index (Phi) is 5.05. The van der Waals surface area contributed by atoms with Crippen LogP contribution in [0, 0.1) is 0 Å². The van der Waals surface area contributed by atoms with E-state index in [1.807, 2.05) is 0 Å². The molecule has 0 heterocycles. The summed E-state index contributed by atoms with van der Waals surface area (Å²) in [5, 5.41) is 0. The summed E-state index contributed by atoms with van der Waals surface area (Å²) in [7, 11) is 0. The van der Waals surface area contributed by atoms with Crippen LogP contribution >= 0.6 is 11.6 Å². The summed E-state index contributed by atoms with van der Waals surface area (Å²) < 4.78 is 7.99. The fraction of sp³-hybridized carbons (Fsp3) is 0. The van der Waals surface area contributed by atoms with E-state index in [0.29, 0.717) is 0 Å². The van der Waals surface area contributed by atoms with Crippen LogP contribution in [0.2, 0.25) is 0 Å². The molecule has 0 saturated carbocycles. The molecule has 1 N–H and O–H groups in total. The van der Waals surface area contributed by atoms with Crippen LogP contribution in [0.5, 0.6) is 0 Å². The van der Waals surface area contributed by atoms with Gasteiger partial charge in [-0.3, -0.25) is 0 Å². The van der Waals surface area contributed by atoms with Gasteiger partial charge in [-0.25, -0.2) is 0 Å². The van der Waals surface area contributed by atoms with E-state index in [4.69, 9.17) is 15.7 Å². The van der Waals surface area contributed by atoms with Gasteiger partial charge in [0, 0.05) is 0 Å². The number of halogens is 1. The average Bonchev–Trinajstić information content (AvgIpc) is 1.41. The first-order valence-electron chi connectivity index (χ1n) is 1.01. The molecule has 0 bridgehead atoms. The third-order valence-electron chi connectivity index (χ3n) is 0.123. The van der Waals surface area contributed by atoms with Gasteiger partial charge in [-0.15, -0.1) is 0 Å². The molecule has 0 atom stereocenters. The van der Waals surface area contributed by atoms with Gasteiger partial charge in [0.2, 0.25) is 0 Å². The topological polar surface area (TPSA) is 20.2 Å². The first-order chi connectivity index (χ1) is 2.41. The molecule has 0 saturated heterocycles. The first-order valence-corrected chi connectivity index (χ1v) is 3.37. The van der Waals surface area contributed by atoms with Crippen molar-refractivity contribution in [2.45, 2.75) is 0 Å². The Morgan fingerprint density at radius 3 is 2.40 bits per heavy atom. The predicted molar refractivity (Wildman–Crippen MR) is 23.0 cm³/mol. The van der Waals surface area contributed by atoms with E-state index in [1.54, 1.807) is 0 Å². The number of rotatable bonds is 1. The average molecular weight is 153 g/mol. The molecule has 0 spiro atoms. The van der Waals surface area contributed by atoms with Gasteiger partial charge in [-0.1, -0.05) is 0 Å². The van der Waals surface area contributed by atoms with Crippen molar-refractivity contribution in [3.05, 3.63) is 10.4 Å². The van der Waals surface area contributed by atoms with Crippen molar-refractivity contribution >= 4 is 27.7 Å². The van der Waals surface area contributed by atoms with Crippen molar-refractivity contribution in [3.63, 3.8) is 0 Å². The second-order valence-corrected chi connectivity index (χ2v) is 1.75. The molecule has 0 aromatic rings. The van der Waals surface area contributed by atoms with Gasteiger partial charge in [0.1, 0.15) is 0 Å². The molecule has 0 aromatic carbocycles. The van der Waals surface area contributed by atoms with Crippen LogP contribution in [0.15, 0.2) is 10.4 Å². The van der Waals surface area contributed by atoms with E-state index in [9.17, 15) is 0 Å². The minimum absolute atomic E-state index is 0.596. The van der Waals surface area contributed by atoms with Crippen LogP contribution in [-0.2, 0) is 0 Å². The van der Waals surface area contributed by atoms with Crippen molar-refractivity contribution < 1.29 is 4.10 Å². The maximum atomic E-state index is 7.99. The molecule has 0 aliphatic carbocycles. The zero-order chi connectivity index (χ0) is 4.12. The molecule has 0 aliphatic heterocycles. The van der Waals surface area contributed by atoms with Gasteiger partial charge in [0.05, 0.1) is 0 Å². The summed E-state index contributed by atoms with van der Waals surface area (Å²) in [5.41, 5.74) is 1.32. The van der Waals surface area contributed by atoms with E-state index in [1.165, 1.54) is 10.4 Å². The normalized spacial score (nSPS) is 12.4. The zero-order valence-electron chi connectivity index (χ0n) is 2.43. The second-order valence-electron chi connectivity index (χ2n) is 0.391.